The zero-order chi connectivity index (χ0) is 23.3. The number of halogens is 2. The molecule has 0 spiro atoms. The van der Waals surface area contributed by atoms with Crippen LogP contribution >= 0.6 is 0 Å². The van der Waals surface area contributed by atoms with E-state index in [1.807, 2.05) is 24.3 Å². The first kappa shape index (κ1) is 22.9. The second-order valence-electron chi connectivity index (χ2n) is 8.14. The summed E-state index contributed by atoms with van der Waals surface area (Å²) in [4.78, 5) is 16.7. The Labute approximate surface area is 190 Å². The van der Waals surface area contributed by atoms with E-state index in [2.05, 4.69) is 10.3 Å². The molecule has 0 aliphatic carbocycles. The highest BCUT2D eigenvalue weighted by molar-refractivity contribution is 5.76. The number of oxazole rings is 1. The number of ether oxygens (including phenoxy) is 2. The minimum atomic E-state index is -0.726. The molecule has 6 nitrogen and oxygen atoms in total. The van der Waals surface area contributed by atoms with E-state index < -0.39 is 11.6 Å². The molecular formula is C25H26F2N2O4. The van der Waals surface area contributed by atoms with Gasteiger partial charge in [0.1, 0.15) is 17.4 Å². The van der Waals surface area contributed by atoms with Gasteiger partial charge < -0.3 is 19.2 Å². The summed E-state index contributed by atoms with van der Waals surface area (Å²) in [7, 11) is 1.63. The van der Waals surface area contributed by atoms with Crippen LogP contribution in [0.5, 0.6) is 5.75 Å². The molecule has 0 atom stereocenters. The Kier molecular flexibility index (Phi) is 7.03. The molecule has 1 aromatic heterocycles. The van der Waals surface area contributed by atoms with E-state index >= 15 is 0 Å². The Morgan fingerprint density at radius 1 is 1.15 bits per heavy atom. The molecule has 1 N–H and O–H groups in total. The summed E-state index contributed by atoms with van der Waals surface area (Å²) in [5.74, 6) is -0.207. The number of methoxy groups -OCH3 is 1. The largest absolute Gasteiger partial charge is 0.497 e. The smallest absolute Gasteiger partial charge is 0.220 e. The van der Waals surface area contributed by atoms with Crippen LogP contribution in [0.15, 0.2) is 53.1 Å². The molecule has 1 saturated heterocycles. The number of benzene rings is 2. The van der Waals surface area contributed by atoms with Gasteiger partial charge in [-0.3, -0.25) is 4.79 Å². The fourth-order valence-corrected chi connectivity index (χ4v) is 4.09. The maximum Gasteiger partial charge on any atom is 0.220 e. The number of amides is 1. The summed E-state index contributed by atoms with van der Waals surface area (Å²) < 4.78 is 43.4. The molecule has 1 aliphatic heterocycles. The number of carbonyl (C=O) groups is 1. The van der Waals surface area contributed by atoms with Gasteiger partial charge in [0.15, 0.2) is 11.7 Å². The lowest BCUT2D eigenvalue weighted by Gasteiger charge is -2.38. The first-order valence-electron chi connectivity index (χ1n) is 10.9. The van der Waals surface area contributed by atoms with Crippen molar-refractivity contribution in [1.29, 1.82) is 0 Å². The molecule has 2 heterocycles. The molecular weight excluding hydrogens is 430 g/mol. The Balaban J connectivity index is 1.35. The number of nitrogens with zero attached hydrogens (tertiary/aromatic N) is 1. The van der Waals surface area contributed by atoms with Crippen molar-refractivity contribution in [1.82, 2.24) is 10.3 Å². The van der Waals surface area contributed by atoms with E-state index in [1.165, 1.54) is 12.3 Å². The van der Waals surface area contributed by atoms with Gasteiger partial charge >= 0.3 is 0 Å². The summed E-state index contributed by atoms with van der Waals surface area (Å²) in [6.45, 7) is 1.78. The fourth-order valence-electron chi connectivity index (χ4n) is 4.09. The molecule has 3 aromatic rings. The second-order valence-corrected chi connectivity index (χ2v) is 8.14. The average molecular weight is 456 g/mol. The second kappa shape index (κ2) is 10.1. The van der Waals surface area contributed by atoms with Crippen molar-refractivity contribution in [2.75, 3.05) is 26.9 Å². The van der Waals surface area contributed by atoms with E-state index in [0.717, 1.165) is 36.3 Å². The molecule has 4 rings (SSSR count). The third-order valence-corrected chi connectivity index (χ3v) is 6.09. The third kappa shape index (κ3) is 5.39. The zero-order valence-electron chi connectivity index (χ0n) is 18.4. The van der Waals surface area contributed by atoms with Gasteiger partial charge in [0.05, 0.1) is 18.9 Å². The molecule has 1 aliphatic rings. The normalized spacial score (nSPS) is 15.2. The van der Waals surface area contributed by atoms with Crippen LogP contribution in [0.4, 0.5) is 8.78 Å². The minimum absolute atomic E-state index is 0.123. The van der Waals surface area contributed by atoms with Crippen molar-refractivity contribution in [2.24, 2.45) is 0 Å². The molecule has 0 saturated carbocycles. The number of hydrogen-bond donors (Lipinski definition) is 1. The molecule has 1 amide bonds. The molecule has 0 bridgehead atoms. The van der Waals surface area contributed by atoms with Gasteiger partial charge in [-0.1, -0.05) is 12.1 Å². The Bertz CT molecular complexity index is 1090. The third-order valence-electron chi connectivity index (χ3n) is 6.09. The van der Waals surface area contributed by atoms with Crippen LogP contribution in [0.1, 0.15) is 30.7 Å². The SMILES string of the molecule is COc1ccc(C2(CNC(=O)CCc3ncc(-c4ccc(F)cc4F)o3)CCOCC2)cc1. The predicted octanol–water partition coefficient (Wildman–Crippen LogP) is 4.43. The van der Waals surface area contributed by atoms with Gasteiger partial charge in [-0.05, 0) is 42.7 Å². The first-order valence-corrected chi connectivity index (χ1v) is 10.9. The van der Waals surface area contributed by atoms with E-state index in [1.54, 1.807) is 7.11 Å². The van der Waals surface area contributed by atoms with Crippen molar-refractivity contribution in [3.63, 3.8) is 0 Å². The number of carbonyl (C=O) groups excluding carboxylic acids is 1. The number of nitrogens with one attached hydrogen (secondary N) is 1. The molecule has 2 aromatic carbocycles. The summed E-state index contributed by atoms with van der Waals surface area (Å²) in [5.41, 5.74) is 1.07. The summed E-state index contributed by atoms with van der Waals surface area (Å²) in [6.07, 6.45) is 3.45. The maximum atomic E-state index is 13.9. The van der Waals surface area contributed by atoms with Crippen LogP contribution in [-0.2, 0) is 21.4 Å². The Hall–Kier alpha value is -3.26. The highest BCUT2D eigenvalue weighted by atomic mass is 19.1. The number of hydrogen-bond acceptors (Lipinski definition) is 5. The van der Waals surface area contributed by atoms with Gasteiger partial charge in [0.2, 0.25) is 5.91 Å². The van der Waals surface area contributed by atoms with Crippen LogP contribution < -0.4 is 10.1 Å². The van der Waals surface area contributed by atoms with Crippen molar-refractivity contribution in [3.05, 3.63) is 71.8 Å². The molecule has 0 radical (unpaired) electrons. The lowest BCUT2D eigenvalue weighted by Crippen LogP contribution is -2.44. The first-order chi connectivity index (χ1) is 16.0. The predicted molar refractivity (Wildman–Crippen MR) is 118 cm³/mol. The molecule has 1 fully saturated rings. The monoisotopic (exact) mass is 456 g/mol. The van der Waals surface area contributed by atoms with Crippen LogP contribution in [0, 0.1) is 11.6 Å². The average Bonchev–Trinajstić information content (AvgIpc) is 3.31. The summed E-state index contributed by atoms with van der Waals surface area (Å²) in [6, 6.07) is 11.2. The van der Waals surface area contributed by atoms with Crippen LogP contribution in [0.3, 0.4) is 0 Å². The minimum Gasteiger partial charge on any atom is -0.497 e. The number of aromatic nitrogens is 1. The van der Waals surface area contributed by atoms with Crippen LogP contribution in [0.2, 0.25) is 0 Å². The van der Waals surface area contributed by atoms with Crippen LogP contribution in [-0.4, -0.2) is 37.8 Å². The van der Waals surface area contributed by atoms with Gasteiger partial charge in [0, 0.05) is 44.1 Å². The fraction of sp³-hybridized carbons (Fsp3) is 0.360. The number of rotatable bonds is 8. The lowest BCUT2D eigenvalue weighted by molar-refractivity contribution is -0.121. The van der Waals surface area contributed by atoms with E-state index in [9.17, 15) is 13.6 Å². The van der Waals surface area contributed by atoms with Crippen molar-refractivity contribution >= 4 is 5.91 Å². The van der Waals surface area contributed by atoms with Gasteiger partial charge in [-0.15, -0.1) is 0 Å². The Morgan fingerprint density at radius 3 is 2.61 bits per heavy atom. The van der Waals surface area contributed by atoms with E-state index in [4.69, 9.17) is 13.9 Å². The van der Waals surface area contributed by atoms with Gasteiger partial charge in [-0.25, -0.2) is 13.8 Å². The molecule has 174 valence electrons. The molecule has 0 unspecified atom stereocenters. The molecule has 33 heavy (non-hydrogen) atoms. The maximum absolute atomic E-state index is 13.9. The quantitative estimate of drug-likeness (QED) is 0.543. The lowest BCUT2D eigenvalue weighted by atomic mass is 9.74. The standard InChI is InChI=1S/C25H26F2N2O4/c1-31-19-5-2-17(3-6-19)25(10-12-32-13-11-25)16-29-23(30)8-9-24-28-15-22(33-24)20-7-4-18(26)14-21(20)27/h2-7,14-15H,8-13,16H2,1H3,(H,29,30). The highest BCUT2D eigenvalue weighted by Gasteiger charge is 2.34. The van der Waals surface area contributed by atoms with E-state index in [-0.39, 0.29) is 35.5 Å². The van der Waals surface area contributed by atoms with Gasteiger partial charge in [0.25, 0.3) is 0 Å². The van der Waals surface area contributed by atoms with Gasteiger partial charge in [-0.2, -0.15) is 0 Å². The van der Waals surface area contributed by atoms with Crippen molar-refractivity contribution < 1.29 is 27.5 Å². The van der Waals surface area contributed by atoms with E-state index in [0.29, 0.717) is 25.6 Å². The summed E-state index contributed by atoms with van der Waals surface area (Å²) in [5, 5.41) is 3.05. The van der Waals surface area contributed by atoms with Crippen molar-refractivity contribution in [2.45, 2.75) is 31.1 Å². The highest BCUT2D eigenvalue weighted by Crippen LogP contribution is 2.35. The van der Waals surface area contributed by atoms with Crippen LogP contribution in [0.25, 0.3) is 11.3 Å². The Morgan fingerprint density at radius 2 is 1.91 bits per heavy atom. The summed E-state index contributed by atoms with van der Waals surface area (Å²) >= 11 is 0. The van der Waals surface area contributed by atoms with Crippen molar-refractivity contribution in [3.8, 4) is 17.1 Å². The zero-order valence-corrected chi connectivity index (χ0v) is 18.4. The topological polar surface area (TPSA) is 73.6 Å². The number of aryl methyl sites for hydroxylation is 1. The molecule has 8 heteroatoms.